The van der Waals surface area contributed by atoms with Gasteiger partial charge in [-0.2, -0.15) is 0 Å². The summed E-state index contributed by atoms with van der Waals surface area (Å²) >= 11 is 0. The predicted molar refractivity (Wildman–Crippen MR) is 92.8 cm³/mol. The second-order valence-corrected chi connectivity index (χ2v) is 5.49. The highest BCUT2D eigenvalue weighted by atomic mass is 16.2. The summed E-state index contributed by atoms with van der Waals surface area (Å²) in [5.41, 5.74) is 5.87. The van der Waals surface area contributed by atoms with Gasteiger partial charge < -0.3 is 10.6 Å². The largest absolute Gasteiger partial charge is 0.323 e. The predicted octanol–water partition coefficient (Wildman–Crippen LogP) is 4.20. The fraction of sp³-hybridized carbons (Fsp3) is 0.167. The maximum absolute atomic E-state index is 12.1. The number of hydrogen-bond acceptors (Lipinski definition) is 3. The molecule has 0 saturated heterocycles. The third kappa shape index (κ3) is 3.29. The SMILES string of the molecule is Cc1ccccc1NC(=O)Nc1ccc2nc(C)c(C)nc2c1. The first-order chi connectivity index (χ1) is 11.0. The lowest BCUT2D eigenvalue weighted by atomic mass is 10.2. The summed E-state index contributed by atoms with van der Waals surface area (Å²) in [4.78, 5) is 21.1. The Bertz CT molecular complexity index is 889. The number of benzene rings is 2. The van der Waals surface area contributed by atoms with Crippen molar-refractivity contribution in [2.45, 2.75) is 20.8 Å². The number of para-hydroxylation sites is 1. The Labute approximate surface area is 134 Å². The minimum atomic E-state index is -0.282. The molecular weight excluding hydrogens is 288 g/mol. The van der Waals surface area contributed by atoms with Gasteiger partial charge in [-0.05, 0) is 50.6 Å². The van der Waals surface area contributed by atoms with Crippen LogP contribution in [0.3, 0.4) is 0 Å². The number of aryl methyl sites for hydroxylation is 3. The molecule has 2 N–H and O–H groups in total. The third-order valence-corrected chi connectivity index (χ3v) is 3.73. The quantitative estimate of drug-likeness (QED) is 0.745. The van der Waals surface area contributed by atoms with E-state index in [1.165, 1.54) is 0 Å². The molecule has 5 heteroatoms. The van der Waals surface area contributed by atoms with Crippen molar-refractivity contribution in [3.8, 4) is 0 Å². The molecule has 5 nitrogen and oxygen atoms in total. The van der Waals surface area contributed by atoms with E-state index in [0.717, 1.165) is 33.7 Å². The van der Waals surface area contributed by atoms with Crippen molar-refractivity contribution in [1.82, 2.24) is 9.97 Å². The molecular formula is C18H18N4O. The smallest absolute Gasteiger partial charge is 0.308 e. The summed E-state index contributed by atoms with van der Waals surface area (Å²) in [5.74, 6) is 0. The average Bonchev–Trinajstić information content (AvgIpc) is 2.51. The number of amides is 2. The van der Waals surface area contributed by atoms with Gasteiger partial charge in [0.15, 0.2) is 0 Å². The molecule has 116 valence electrons. The molecule has 0 radical (unpaired) electrons. The van der Waals surface area contributed by atoms with Crippen molar-refractivity contribution in [3.05, 3.63) is 59.4 Å². The van der Waals surface area contributed by atoms with E-state index in [2.05, 4.69) is 20.6 Å². The highest BCUT2D eigenvalue weighted by Gasteiger charge is 2.07. The van der Waals surface area contributed by atoms with Gasteiger partial charge in [0.1, 0.15) is 0 Å². The Balaban J connectivity index is 1.80. The molecule has 2 amide bonds. The number of hydrogen-bond donors (Lipinski definition) is 2. The summed E-state index contributed by atoms with van der Waals surface area (Å²) in [6.07, 6.45) is 0. The Morgan fingerprint density at radius 3 is 2.30 bits per heavy atom. The van der Waals surface area contributed by atoms with Crippen molar-refractivity contribution >= 4 is 28.4 Å². The van der Waals surface area contributed by atoms with E-state index in [9.17, 15) is 4.79 Å². The zero-order chi connectivity index (χ0) is 16.4. The molecule has 0 fully saturated rings. The second-order valence-electron chi connectivity index (χ2n) is 5.49. The van der Waals surface area contributed by atoms with E-state index in [0.29, 0.717) is 5.69 Å². The second kappa shape index (κ2) is 6.04. The number of aromatic nitrogens is 2. The van der Waals surface area contributed by atoms with Gasteiger partial charge in [-0.3, -0.25) is 0 Å². The van der Waals surface area contributed by atoms with Gasteiger partial charge in [-0.15, -0.1) is 0 Å². The zero-order valence-electron chi connectivity index (χ0n) is 13.3. The zero-order valence-corrected chi connectivity index (χ0v) is 13.3. The number of rotatable bonds is 2. The molecule has 2 aromatic carbocycles. The molecule has 3 aromatic rings. The lowest BCUT2D eigenvalue weighted by Gasteiger charge is -2.10. The van der Waals surface area contributed by atoms with Crippen LogP contribution in [0.5, 0.6) is 0 Å². The van der Waals surface area contributed by atoms with Crippen molar-refractivity contribution in [2.24, 2.45) is 0 Å². The summed E-state index contributed by atoms with van der Waals surface area (Å²) in [5, 5.41) is 5.67. The maximum Gasteiger partial charge on any atom is 0.323 e. The van der Waals surface area contributed by atoms with E-state index in [1.54, 1.807) is 0 Å². The van der Waals surface area contributed by atoms with Gasteiger partial charge in [0.05, 0.1) is 22.4 Å². The van der Waals surface area contributed by atoms with Gasteiger partial charge in [-0.1, -0.05) is 18.2 Å². The van der Waals surface area contributed by atoms with Crippen molar-refractivity contribution < 1.29 is 4.79 Å². The minimum absolute atomic E-state index is 0.282. The first-order valence-corrected chi connectivity index (χ1v) is 7.41. The molecule has 0 spiro atoms. The summed E-state index contributed by atoms with van der Waals surface area (Å²) in [6, 6.07) is 12.9. The van der Waals surface area contributed by atoms with E-state index in [4.69, 9.17) is 0 Å². The van der Waals surface area contributed by atoms with Crippen LogP contribution in [0.25, 0.3) is 11.0 Å². The van der Waals surface area contributed by atoms with E-state index in [-0.39, 0.29) is 6.03 Å². The molecule has 0 aliphatic heterocycles. The van der Waals surface area contributed by atoms with Crippen molar-refractivity contribution in [2.75, 3.05) is 10.6 Å². The van der Waals surface area contributed by atoms with E-state index >= 15 is 0 Å². The van der Waals surface area contributed by atoms with Crippen LogP contribution in [0.4, 0.5) is 16.2 Å². The molecule has 0 aliphatic carbocycles. The number of urea groups is 1. The molecule has 0 unspecified atom stereocenters. The van der Waals surface area contributed by atoms with Crippen LogP contribution in [-0.4, -0.2) is 16.0 Å². The molecule has 0 saturated carbocycles. The minimum Gasteiger partial charge on any atom is -0.308 e. The van der Waals surface area contributed by atoms with Crippen molar-refractivity contribution in [3.63, 3.8) is 0 Å². The van der Waals surface area contributed by atoms with Crippen LogP contribution in [0, 0.1) is 20.8 Å². The maximum atomic E-state index is 12.1. The van der Waals surface area contributed by atoms with E-state index < -0.39 is 0 Å². The topological polar surface area (TPSA) is 66.9 Å². The van der Waals surface area contributed by atoms with Crippen LogP contribution >= 0.6 is 0 Å². The molecule has 1 aromatic heterocycles. The van der Waals surface area contributed by atoms with Gasteiger partial charge in [0, 0.05) is 11.4 Å². The van der Waals surface area contributed by atoms with Gasteiger partial charge in [0.2, 0.25) is 0 Å². The first-order valence-electron chi connectivity index (χ1n) is 7.41. The average molecular weight is 306 g/mol. The molecule has 1 heterocycles. The standard InChI is InChI=1S/C18H18N4O/c1-11-6-4-5-7-15(11)22-18(23)21-14-8-9-16-17(10-14)20-13(3)12(2)19-16/h4-10H,1-3H3,(H2,21,22,23). The van der Waals surface area contributed by atoms with Gasteiger partial charge >= 0.3 is 6.03 Å². The highest BCUT2D eigenvalue weighted by Crippen LogP contribution is 2.18. The summed E-state index contributed by atoms with van der Waals surface area (Å²) in [7, 11) is 0. The molecule has 3 rings (SSSR count). The third-order valence-electron chi connectivity index (χ3n) is 3.73. The fourth-order valence-electron chi connectivity index (χ4n) is 2.31. The van der Waals surface area contributed by atoms with Gasteiger partial charge in [-0.25, -0.2) is 14.8 Å². The number of anilines is 2. The number of carbonyl (C=O) groups is 1. The van der Waals surface area contributed by atoms with Crippen LogP contribution in [0.1, 0.15) is 17.0 Å². The fourth-order valence-corrected chi connectivity index (χ4v) is 2.31. The summed E-state index contributed by atoms with van der Waals surface area (Å²) < 4.78 is 0. The Morgan fingerprint density at radius 1 is 0.870 bits per heavy atom. The Hall–Kier alpha value is -2.95. The normalized spacial score (nSPS) is 10.6. The Morgan fingerprint density at radius 2 is 1.57 bits per heavy atom. The van der Waals surface area contributed by atoms with Crippen LogP contribution in [-0.2, 0) is 0 Å². The number of fused-ring (bicyclic) bond motifs is 1. The van der Waals surface area contributed by atoms with E-state index in [1.807, 2.05) is 63.2 Å². The number of carbonyl (C=O) groups excluding carboxylic acids is 1. The molecule has 0 aliphatic rings. The van der Waals surface area contributed by atoms with Crippen LogP contribution in [0.2, 0.25) is 0 Å². The summed E-state index contributed by atoms with van der Waals surface area (Å²) in [6.45, 7) is 5.81. The van der Waals surface area contributed by atoms with Crippen LogP contribution in [0.15, 0.2) is 42.5 Å². The monoisotopic (exact) mass is 306 g/mol. The lowest BCUT2D eigenvalue weighted by molar-refractivity contribution is 0.262. The van der Waals surface area contributed by atoms with Gasteiger partial charge in [0.25, 0.3) is 0 Å². The molecule has 0 bridgehead atoms. The number of nitrogens with one attached hydrogen (secondary N) is 2. The van der Waals surface area contributed by atoms with Crippen LogP contribution < -0.4 is 10.6 Å². The van der Waals surface area contributed by atoms with Crippen molar-refractivity contribution in [1.29, 1.82) is 0 Å². The Kier molecular flexibility index (Phi) is 3.93. The highest BCUT2D eigenvalue weighted by molar-refractivity contribution is 6.01. The molecule has 23 heavy (non-hydrogen) atoms. The number of nitrogens with zero attached hydrogens (tertiary/aromatic N) is 2. The first kappa shape index (κ1) is 15.0. The lowest BCUT2D eigenvalue weighted by Crippen LogP contribution is -2.19. The molecule has 0 atom stereocenters.